The SMILES string of the molecule is Cc1nnc(NC(C)c2ccc(Br)cc2Cl)s1. The van der Waals surface area contributed by atoms with Gasteiger partial charge in [-0.15, -0.1) is 10.2 Å². The van der Waals surface area contributed by atoms with E-state index < -0.39 is 0 Å². The first kappa shape index (κ1) is 12.8. The van der Waals surface area contributed by atoms with Crippen molar-refractivity contribution in [1.29, 1.82) is 0 Å². The van der Waals surface area contributed by atoms with Gasteiger partial charge in [-0.25, -0.2) is 0 Å². The van der Waals surface area contributed by atoms with Crippen LogP contribution >= 0.6 is 38.9 Å². The lowest BCUT2D eigenvalue weighted by molar-refractivity contribution is 0.872. The Balaban J connectivity index is 2.17. The number of benzene rings is 1. The fourth-order valence-electron chi connectivity index (χ4n) is 1.47. The number of aryl methyl sites for hydroxylation is 1. The third-order valence-electron chi connectivity index (χ3n) is 2.30. The molecule has 0 amide bonds. The van der Waals surface area contributed by atoms with Crippen LogP contribution in [0.3, 0.4) is 0 Å². The smallest absolute Gasteiger partial charge is 0.206 e. The summed E-state index contributed by atoms with van der Waals surface area (Å²) >= 11 is 11.1. The van der Waals surface area contributed by atoms with Gasteiger partial charge in [-0.3, -0.25) is 0 Å². The summed E-state index contributed by atoms with van der Waals surface area (Å²) in [6.07, 6.45) is 0. The summed E-state index contributed by atoms with van der Waals surface area (Å²) in [7, 11) is 0. The Morgan fingerprint density at radius 3 is 2.76 bits per heavy atom. The van der Waals surface area contributed by atoms with Crippen LogP contribution in [-0.2, 0) is 0 Å². The molecule has 0 aliphatic rings. The van der Waals surface area contributed by atoms with Crippen LogP contribution in [0.2, 0.25) is 5.02 Å². The Morgan fingerprint density at radius 2 is 2.18 bits per heavy atom. The number of hydrogen-bond donors (Lipinski definition) is 1. The van der Waals surface area contributed by atoms with Crippen LogP contribution in [0.25, 0.3) is 0 Å². The molecule has 1 unspecified atom stereocenters. The molecule has 2 rings (SSSR count). The van der Waals surface area contributed by atoms with Gasteiger partial charge in [-0.2, -0.15) is 0 Å². The van der Waals surface area contributed by atoms with Crippen molar-refractivity contribution in [3.63, 3.8) is 0 Å². The normalized spacial score (nSPS) is 12.5. The second kappa shape index (κ2) is 5.33. The van der Waals surface area contributed by atoms with E-state index in [1.54, 1.807) is 0 Å². The molecule has 0 saturated carbocycles. The van der Waals surface area contributed by atoms with Crippen LogP contribution in [0.4, 0.5) is 5.13 Å². The van der Waals surface area contributed by atoms with Crippen molar-refractivity contribution in [2.45, 2.75) is 19.9 Å². The molecule has 1 aromatic heterocycles. The molecule has 0 saturated heterocycles. The Morgan fingerprint density at radius 1 is 1.41 bits per heavy atom. The Labute approximate surface area is 117 Å². The zero-order valence-electron chi connectivity index (χ0n) is 9.37. The molecule has 6 heteroatoms. The van der Waals surface area contributed by atoms with E-state index in [0.717, 1.165) is 25.2 Å². The fourth-order valence-corrected chi connectivity index (χ4v) is 2.99. The number of aromatic nitrogens is 2. The predicted molar refractivity (Wildman–Crippen MR) is 75.8 cm³/mol. The van der Waals surface area contributed by atoms with Crippen molar-refractivity contribution in [1.82, 2.24) is 10.2 Å². The number of nitrogens with one attached hydrogen (secondary N) is 1. The van der Waals surface area contributed by atoms with E-state index in [1.807, 2.05) is 32.0 Å². The molecular formula is C11H11BrClN3S. The molecule has 2 aromatic rings. The van der Waals surface area contributed by atoms with E-state index in [2.05, 4.69) is 31.4 Å². The Hall–Kier alpha value is -0.650. The summed E-state index contributed by atoms with van der Waals surface area (Å²) in [5, 5.41) is 13.8. The molecule has 0 spiro atoms. The van der Waals surface area contributed by atoms with Crippen molar-refractivity contribution < 1.29 is 0 Å². The topological polar surface area (TPSA) is 37.8 Å². The maximum atomic E-state index is 6.19. The summed E-state index contributed by atoms with van der Waals surface area (Å²) < 4.78 is 0.977. The van der Waals surface area contributed by atoms with Crippen molar-refractivity contribution >= 4 is 44.0 Å². The number of nitrogens with zero attached hydrogens (tertiary/aromatic N) is 2. The summed E-state index contributed by atoms with van der Waals surface area (Å²) in [6, 6.07) is 5.96. The van der Waals surface area contributed by atoms with Gasteiger partial charge in [0.1, 0.15) is 5.01 Å². The molecule has 1 N–H and O–H groups in total. The van der Waals surface area contributed by atoms with Crippen LogP contribution in [-0.4, -0.2) is 10.2 Å². The minimum atomic E-state index is 0.1000. The van der Waals surface area contributed by atoms with Gasteiger partial charge in [0.25, 0.3) is 0 Å². The second-order valence-electron chi connectivity index (χ2n) is 3.66. The first-order chi connectivity index (χ1) is 8.06. The van der Waals surface area contributed by atoms with E-state index >= 15 is 0 Å². The molecule has 0 aliphatic heterocycles. The first-order valence-electron chi connectivity index (χ1n) is 5.08. The Bertz CT molecular complexity index is 529. The molecule has 1 atom stereocenters. The van der Waals surface area contributed by atoms with E-state index in [0.29, 0.717) is 0 Å². The molecule has 90 valence electrons. The highest BCUT2D eigenvalue weighted by atomic mass is 79.9. The fraction of sp³-hybridized carbons (Fsp3) is 0.273. The predicted octanol–water partition coefficient (Wildman–Crippen LogP) is 4.44. The molecule has 3 nitrogen and oxygen atoms in total. The summed E-state index contributed by atoms with van der Waals surface area (Å²) in [5.74, 6) is 0. The molecule has 0 aliphatic carbocycles. The highest BCUT2D eigenvalue weighted by Gasteiger charge is 2.11. The van der Waals surface area contributed by atoms with Crippen LogP contribution in [0.15, 0.2) is 22.7 Å². The van der Waals surface area contributed by atoms with Crippen molar-refractivity contribution in [2.75, 3.05) is 5.32 Å². The average Bonchev–Trinajstić information content (AvgIpc) is 2.63. The van der Waals surface area contributed by atoms with Gasteiger partial charge in [0, 0.05) is 9.50 Å². The van der Waals surface area contributed by atoms with E-state index in [4.69, 9.17) is 11.6 Å². The van der Waals surface area contributed by atoms with Crippen LogP contribution in [0, 0.1) is 6.92 Å². The minimum absolute atomic E-state index is 0.1000. The van der Waals surface area contributed by atoms with Crippen LogP contribution < -0.4 is 5.32 Å². The molecule has 1 aromatic carbocycles. The largest absolute Gasteiger partial charge is 0.354 e. The first-order valence-corrected chi connectivity index (χ1v) is 7.06. The van der Waals surface area contributed by atoms with Crippen LogP contribution in [0.5, 0.6) is 0 Å². The Kier molecular flexibility index (Phi) is 4.01. The van der Waals surface area contributed by atoms with Gasteiger partial charge in [-0.1, -0.05) is 44.9 Å². The van der Waals surface area contributed by atoms with E-state index in [-0.39, 0.29) is 6.04 Å². The highest BCUT2D eigenvalue weighted by Crippen LogP contribution is 2.29. The van der Waals surface area contributed by atoms with Crippen molar-refractivity contribution in [3.05, 3.63) is 38.3 Å². The zero-order chi connectivity index (χ0) is 12.4. The van der Waals surface area contributed by atoms with Gasteiger partial charge in [0.15, 0.2) is 0 Å². The molecule has 1 heterocycles. The standard InChI is InChI=1S/C11H11BrClN3S/c1-6(14-11-16-15-7(2)17-11)9-4-3-8(12)5-10(9)13/h3-6H,1-2H3,(H,14,16). The summed E-state index contributed by atoms with van der Waals surface area (Å²) in [4.78, 5) is 0. The molecule has 0 fully saturated rings. The summed E-state index contributed by atoms with van der Waals surface area (Å²) in [6.45, 7) is 3.98. The molecule has 0 radical (unpaired) electrons. The highest BCUT2D eigenvalue weighted by molar-refractivity contribution is 9.10. The molecule has 0 bridgehead atoms. The number of halogens is 2. The quantitative estimate of drug-likeness (QED) is 0.903. The van der Waals surface area contributed by atoms with E-state index in [1.165, 1.54) is 11.3 Å². The van der Waals surface area contributed by atoms with Crippen molar-refractivity contribution in [2.24, 2.45) is 0 Å². The van der Waals surface area contributed by atoms with E-state index in [9.17, 15) is 0 Å². The van der Waals surface area contributed by atoms with Crippen LogP contribution in [0.1, 0.15) is 23.5 Å². The monoisotopic (exact) mass is 331 g/mol. The van der Waals surface area contributed by atoms with Gasteiger partial charge in [-0.05, 0) is 31.5 Å². The lowest BCUT2D eigenvalue weighted by atomic mass is 10.1. The lowest BCUT2D eigenvalue weighted by Gasteiger charge is -2.14. The third kappa shape index (κ3) is 3.18. The minimum Gasteiger partial charge on any atom is -0.354 e. The van der Waals surface area contributed by atoms with Gasteiger partial charge in [0.2, 0.25) is 5.13 Å². The molecular weight excluding hydrogens is 322 g/mol. The number of hydrogen-bond acceptors (Lipinski definition) is 4. The zero-order valence-corrected chi connectivity index (χ0v) is 12.5. The third-order valence-corrected chi connectivity index (χ3v) is 3.89. The number of anilines is 1. The lowest BCUT2D eigenvalue weighted by Crippen LogP contribution is -2.06. The average molecular weight is 333 g/mol. The van der Waals surface area contributed by atoms with Crippen molar-refractivity contribution in [3.8, 4) is 0 Å². The number of rotatable bonds is 3. The maximum absolute atomic E-state index is 6.19. The van der Waals surface area contributed by atoms with Gasteiger partial charge < -0.3 is 5.32 Å². The van der Waals surface area contributed by atoms with Gasteiger partial charge >= 0.3 is 0 Å². The van der Waals surface area contributed by atoms with Gasteiger partial charge in [0.05, 0.1) is 6.04 Å². The molecule has 17 heavy (non-hydrogen) atoms. The summed E-state index contributed by atoms with van der Waals surface area (Å²) in [5.41, 5.74) is 1.04. The second-order valence-corrected chi connectivity index (χ2v) is 6.16. The maximum Gasteiger partial charge on any atom is 0.206 e.